The normalized spacial score (nSPS) is 20.0. The van der Waals surface area contributed by atoms with Crippen molar-refractivity contribution in [3.63, 3.8) is 0 Å². The Morgan fingerprint density at radius 3 is 2.65 bits per heavy atom. The van der Waals surface area contributed by atoms with Gasteiger partial charge in [0.2, 0.25) is 5.91 Å². The number of rotatable bonds is 4. The topological polar surface area (TPSA) is 20.3 Å². The van der Waals surface area contributed by atoms with Crippen molar-refractivity contribution in [2.45, 2.75) is 12.8 Å². The van der Waals surface area contributed by atoms with Crippen LogP contribution >= 0.6 is 11.6 Å². The first-order chi connectivity index (χ1) is 8.19. The fourth-order valence-electron chi connectivity index (χ4n) is 2.09. The smallest absolute Gasteiger partial charge is 0.222 e. The monoisotopic (exact) mass is 255 g/mol. The second-order valence-electron chi connectivity index (χ2n) is 4.44. The molecule has 1 fully saturated rings. The van der Waals surface area contributed by atoms with Gasteiger partial charge in [-0.05, 0) is 30.0 Å². The SMILES string of the molecule is O=C1CC(CCl)CN1CCc1ccc(F)cc1. The van der Waals surface area contributed by atoms with Crippen molar-refractivity contribution in [3.8, 4) is 0 Å². The van der Waals surface area contributed by atoms with Gasteiger partial charge in [0, 0.05) is 25.4 Å². The van der Waals surface area contributed by atoms with Gasteiger partial charge in [0.15, 0.2) is 0 Å². The Morgan fingerprint density at radius 2 is 2.06 bits per heavy atom. The molecule has 1 saturated heterocycles. The molecule has 1 heterocycles. The molecule has 2 rings (SSSR count). The lowest BCUT2D eigenvalue weighted by Gasteiger charge is -2.16. The van der Waals surface area contributed by atoms with Gasteiger partial charge in [-0.2, -0.15) is 0 Å². The van der Waals surface area contributed by atoms with Gasteiger partial charge in [-0.25, -0.2) is 4.39 Å². The van der Waals surface area contributed by atoms with Crippen LogP contribution in [-0.4, -0.2) is 29.8 Å². The van der Waals surface area contributed by atoms with Gasteiger partial charge in [-0.1, -0.05) is 12.1 Å². The number of alkyl halides is 1. The van der Waals surface area contributed by atoms with E-state index in [9.17, 15) is 9.18 Å². The summed E-state index contributed by atoms with van der Waals surface area (Å²) in [5, 5.41) is 0. The van der Waals surface area contributed by atoms with Crippen molar-refractivity contribution in [1.82, 2.24) is 4.90 Å². The first-order valence-corrected chi connectivity index (χ1v) is 6.30. The average Bonchev–Trinajstić information content (AvgIpc) is 2.69. The molecular weight excluding hydrogens is 241 g/mol. The Bertz CT molecular complexity index is 393. The minimum absolute atomic E-state index is 0.178. The molecule has 0 bridgehead atoms. The van der Waals surface area contributed by atoms with Crippen LogP contribution in [0.1, 0.15) is 12.0 Å². The minimum atomic E-state index is -0.229. The molecular formula is C13H15ClFNO. The van der Waals surface area contributed by atoms with E-state index in [1.54, 1.807) is 12.1 Å². The van der Waals surface area contributed by atoms with Crippen molar-refractivity contribution >= 4 is 17.5 Å². The van der Waals surface area contributed by atoms with Gasteiger partial charge in [0.25, 0.3) is 0 Å². The largest absolute Gasteiger partial charge is 0.342 e. The molecule has 4 heteroatoms. The molecule has 17 heavy (non-hydrogen) atoms. The van der Waals surface area contributed by atoms with Crippen LogP contribution in [0.3, 0.4) is 0 Å². The second-order valence-corrected chi connectivity index (χ2v) is 4.75. The second kappa shape index (κ2) is 5.50. The Hall–Kier alpha value is -1.09. The summed E-state index contributed by atoms with van der Waals surface area (Å²) in [5.74, 6) is 0.780. The van der Waals surface area contributed by atoms with Crippen LogP contribution in [0, 0.1) is 11.7 Å². The van der Waals surface area contributed by atoms with E-state index in [1.807, 2.05) is 4.90 Å². The lowest BCUT2D eigenvalue weighted by Crippen LogP contribution is -2.27. The van der Waals surface area contributed by atoms with E-state index in [0.29, 0.717) is 18.8 Å². The van der Waals surface area contributed by atoms with Crippen LogP contribution in [0.4, 0.5) is 4.39 Å². The molecule has 1 unspecified atom stereocenters. The third kappa shape index (κ3) is 3.19. The number of hydrogen-bond donors (Lipinski definition) is 0. The van der Waals surface area contributed by atoms with Crippen LogP contribution in [0.2, 0.25) is 0 Å². The molecule has 0 radical (unpaired) electrons. The maximum atomic E-state index is 12.7. The maximum absolute atomic E-state index is 12.7. The maximum Gasteiger partial charge on any atom is 0.222 e. The fourth-order valence-corrected chi connectivity index (χ4v) is 2.30. The Kier molecular flexibility index (Phi) is 4.00. The van der Waals surface area contributed by atoms with Crippen molar-refractivity contribution in [2.75, 3.05) is 19.0 Å². The third-order valence-electron chi connectivity index (χ3n) is 3.10. The summed E-state index contributed by atoms with van der Waals surface area (Å²) in [5.41, 5.74) is 1.05. The molecule has 1 aliphatic rings. The highest BCUT2D eigenvalue weighted by Crippen LogP contribution is 2.19. The quantitative estimate of drug-likeness (QED) is 0.757. The number of amides is 1. The molecule has 1 aromatic carbocycles. The number of halogens is 2. The molecule has 0 aromatic heterocycles. The minimum Gasteiger partial charge on any atom is -0.342 e. The van der Waals surface area contributed by atoms with Gasteiger partial charge < -0.3 is 4.90 Å². The lowest BCUT2D eigenvalue weighted by atomic mass is 10.1. The first kappa shape index (κ1) is 12.4. The van der Waals surface area contributed by atoms with Crippen LogP contribution in [-0.2, 0) is 11.2 Å². The molecule has 1 amide bonds. The first-order valence-electron chi connectivity index (χ1n) is 5.77. The molecule has 92 valence electrons. The molecule has 1 aromatic rings. The van der Waals surface area contributed by atoms with Crippen molar-refractivity contribution in [3.05, 3.63) is 35.6 Å². The molecule has 1 aliphatic heterocycles. The van der Waals surface area contributed by atoms with Crippen LogP contribution in [0.15, 0.2) is 24.3 Å². The van der Waals surface area contributed by atoms with E-state index in [0.717, 1.165) is 18.5 Å². The van der Waals surface area contributed by atoms with Crippen LogP contribution in [0.25, 0.3) is 0 Å². The van der Waals surface area contributed by atoms with Crippen LogP contribution < -0.4 is 0 Å². The number of carbonyl (C=O) groups excluding carboxylic acids is 1. The van der Waals surface area contributed by atoms with Gasteiger partial charge >= 0.3 is 0 Å². The average molecular weight is 256 g/mol. The fraction of sp³-hybridized carbons (Fsp3) is 0.462. The number of nitrogens with zero attached hydrogens (tertiary/aromatic N) is 1. The molecule has 2 nitrogen and oxygen atoms in total. The van der Waals surface area contributed by atoms with Gasteiger partial charge in [-0.3, -0.25) is 4.79 Å². The van der Waals surface area contributed by atoms with E-state index in [-0.39, 0.29) is 17.6 Å². The summed E-state index contributed by atoms with van der Waals surface area (Å²) in [6.07, 6.45) is 1.33. The number of benzene rings is 1. The highest BCUT2D eigenvalue weighted by Gasteiger charge is 2.28. The summed E-state index contributed by atoms with van der Waals surface area (Å²) in [6.45, 7) is 1.45. The summed E-state index contributed by atoms with van der Waals surface area (Å²) in [7, 11) is 0. The molecule has 0 N–H and O–H groups in total. The standard InChI is InChI=1S/C13H15ClFNO/c14-8-11-7-13(17)16(9-11)6-5-10-1-3-12(15)4-2-10/h1-4,11H,5-9H2. The van der Waals surface area contributed by atoms with Gasteiger partial charge in [0.1, 0.15) is 5.82 Å². The predicted octanol–water partition coefficient (Wildman–Crippen LogP) is 2.46. The zero-order valence-electron chi connectivity index (χ0n) is 9.53. The van der Waals surface area contributed by atoms with E-state index >= 15 is 0 Å². The van der Waals surface area contributed by atoms with Crippen molar-refractivity contribution < 1.29 is 9.18 Å². The molecule has 1 atom stereocenters. The summed E-state index contributed by atoms with van der Waals surface area (Å²) in [4.78, 5) is 13.5. The molecule has 0 saturated carbocycles. The zero-order chi connectivity index (χ0) is 12.3. The Balaban J connectivity index is 1.86. The van der Waals surface area contributed by atoms with E-state index in [1.165, 1.54) is 12.1 Å². The number of likely N-dealkylation sites (tertiary alicyclic amines) is 1. The highest BCUT2D eigenvalue weighted by molar-refractivity contribution is 6.18. The summed E-state index contributed by atoms with van der Waals surface area (Å²) in [6, 6.07) is 6.41. The third-order valence-corrected chi connectivity index (χ3v) is 3.53. The highest BCUT2D eigenvalue weighted by atomic mass is 35.5. The lowest BCUT2D eigenvalue weighted by molar-refractivity contribution is -0.127. The van der Waals surface area contributed by atoms with Gasteiger partial charge in [-0.15, -0.1) is 11.6 Å². The Labute approximate surface area is 105 Å². The molecule has 0 spiro atoms. The number of hydrogen-bond acceptors (Lipinski definition) is 1. The van der Waals surface area contributed by atoms with Gasteiger partial charge in [0.05, 0.1) is 0 Å². The molecule has 0 aliphatic carbocycles. The summed E-state index contributed by atoms with van der Waals surface area (Å²) >= 11 is 5.75. The Morgan fingerprint density at radius 1 is 1.35 bits per heavy atom. The van der Waals surface area contributed by atoms with Crippen molar-refractivity contribution in [1.29, 1.82) is 0 Å². The number of carbonyl (C=O) groups is 1. The predicted molar refractivity (Wildman–Crippen MR) is 65.5 cm³/mol. The van der Waals surface area contributed by atoms with E-state index in [2.05, 4.69) is 0 Å². The van der Waals surface area contributed by atoms with E-state index < -0.39 is 0 Å². The van der Waals surface area contributed by atoms with Crippen LogP contribution in [0.5, 0.6) is 0 Å². The van der Waals surface area contributed by atoms with E-state index in [4.69, 9.17) is 11.6 Å². The van der Waals surface area contributed by atoms with Crippen molar-refractivity contribution in [2.24, 2.45) is 5.92 Å². The zero-order valence-corrected chi connectivity index (χ0v) is 10.3. The summed E-state index contributed by atoms with van der Waals surface area (Å²) < 4.78 is 12.7.